The fourth-order valence-electron chi connectivity index (χ4n) is 8.66. The van der Waals surface area contributed by atoms with E-state index in [0.29, 0.717) is 5.92 Å². The first kappa shape index (κ1) is 29.5. The molecule has 49 heavy (non-hydrogen) atoms. The Balaban J connectivity index is 1.14. The summed E-state index contributed by atoms with van der Waals surface area (Å²) in [5.74, 6) is 1.52. The third kappa shape index (κ3) is 4.54. The SMILES string of the molecule is CC1C=CC=CC1C1=NC(C)(c2ccc(-c3cccc(C4(c5ccccc5)c5ccccc5-c5ccccc54)c3)cc2)C2C=CC=CC2=N1. The van der Waals surface area contributed by atoms with Crippen LogP contribution in [0.5, 0.6) is 0 Å². The van der Waals surface area contributed by atoms with Gasteiger partial charge in [0.15, 0.2) is 0 Å². The van der Waals surface area contributed by atoms with Crippen LogP contribution in [0.15, 0.2) is 186 Å². The molecule has 0 amide bonds. The van der Waals surface area contributed by atoms with Crippen LogP contribution < -0.4 is 0 Å². The van der Waals surface area contributed by atoms with Crippen molar-refractivity contribution in [1.82, 2.24) is 0 Å². The van der Waals surface area contributed by atoms with E-state index in [1.54, 1.807) is 0 Å². The Morgan fingerprint density at radius 1 is 0.551 bits per heavy atom. The number of hydrogen-bond acceptors (Lipinski definition) is 2. The van der Waals surface area contributed by atoms with Crippen LogP contribution in [0.4, 0.5) is 0 Å². The van der Waals surface area contributed by atoms with E-state index in [2.05, 4.69) is 190 Å². The molecule has 2 heteroatoms. The Morgan fingerprint density at radius 3 is 1.94 bits per heavy atom. The fourth-order valence-corrected chi connectivity index (χ4v) is 8.66. The molecular formula is C47H38N2. The molecule has 236 valence electrons. The van der Waals surface area contributed by atoms with E-state index in [1.807, 2.05) is 0 Å². The summed E-state index contributed by atoms with van der Waals surface area (Å²) in [6.07, 6.45) is 17.4. The van der Waals surface area contributed by atoms with Gasteiger partial charge in [-0.15, -0.1) is 0 Å². The highest BCUT2D eigenvalue weighted by molar-refractivity contribution is 6.10. The second kappa shape index (κ2) is 11.5. The Morgan fingerprint density at radius 2 is 1.20 bits per heavy atom. The maximum atomic E-state index is 5.46. The summed E-state index contributed by atoms with van der Waals surface area (Å²) in [7, 11) is 0. The van der Waals surface area contributed by atoms with Crippen molar-refractivity contribution in [2.24, 2.45) is 27.7 Å². The molecule has 0 saturated heterocycles. The standard InChI is InChI=1S/C47H38N2/c1-32-15-6-7-20-38(32)45-48-44-26-13-12-25-43(44)46(2,49-45)35-29-27-33(28-30-35)34-16-14-19-37(31-34)47(36-17-4-3-5-18-36)41-23-10-8-21-39(41)40-22-9-11-24-42(40)47/h3-32,38,43H,1-2H3. The molecule has 4 atom stereocenters. The minimum atomic E-state index is -0.461. The highest BCUT2D eigenvalue weighted by atomic mass is 15.0. The quantitative estimate of drug-likeness (QED) is 0.181. The summed E-state index contributed by atoms with van der Waals surface area (Å²) in [6.45, 7) is 4.53. The van der Waals surface area contributed by atoms with Crippen molar-refractivity contribution in [3.05, 3.63) is 204 Å². The van der Waals surface area contributed by atoms with Crippen LogP contribution in [0.2, 0.25) is 0 Å². The minimum absolute atomic E-state index is 0.0853. The van der Waals surface area contributed by atoms with E-state index in [1.165, 1.54) is 50.1 Å². The van der Waals surface area contributed by atoms with E-state index in [-0.39, 0.29) is 11.8 Å². The molecule has 0 N–H and O–H groups in total. The van der Waals surface area contributed by atoms with Crippen LogP contribution in [0, 0.1) is 17.8 Å². The fraction of sp³-hybridized carbons (Fsp3) is 0.149. The minimum Gasteiger partial charge on any atom is -0.258 e. The highest BCUT2D eigenvalue weighted by Crippen LogP contribution is 2.56. The third-order valence-electron chi connectivity index (χ3n) is 11.2. The summed E-state index contributed by atoms with van der Waals surface area (Å²) >= 11 is 0. The number of rotatable bonds is 5. The van der Waals surface area contributed by atoms with Crippen LogP contribution in [0.25, 0.3) is 22.3 Å². The van der Waals surface area contributed by atoms with E-state index in [0.717, 1.165) is 11.5 Å². The molecule has 3 aliphatic carbocycles. The zero-order valence-corrected chi connectivity index (χ0v) is 27.9. The van der Waals surface area contributed by atoms with Crippen molar-refractivity contribution in [3.8, 4) is 22.3 Å². The molecule has 0 bridgehead atoms. The first-order valence-electron chi connectivity index (χ1n) is 17.4. The van der Waals surface area contributed by atoms with Gasteiger partial charge in [-0.3, -0.25) is 4.99 Å². The lowest BCUT2D eigenvalue weighted by Gasteiger charge is -2.39. The van der Waals surface area contributed by atoms with Crippen LogP contribution in [0.3, 0.4) is 0 Å². The molecular weight excluding hydrogens is 593 g/mol. The largest absolute Gasteiger partial charge is 0.258 e. The van der Waals surface area contributed by atoms with Gasteiger partial charge in [-0.1, -0.05) is 171 Å². The van der Waals surface area contributed by atoms with Gasteiger partial charge in [0.2, 0.25) is 0 Å². The summed E-state index contributed by atoms with van der Waals surface area (Å²) < 4.78 is 0. The van der Waals surface area contributed by atoms with Crippen LogP contribution in [-0.2, 0) is 11.0 Å². The number of fused-ring (bicyclic) bond motifs is 4. The highest BCUT2D eigenvalue weighted by Gasteiger charge is 2.46. The third-order valence-corrected chi connectivity index (χ3v) is 11.2. The molecule has 2 nitrogen and oxygen atoms in total. The predicted molar refractivity (Wildman–Crippen MR) is 204 cm³/mol. The Bertz CT molecular complexity index is 2220. The molecule has 5 aromatic carbocycles. The molecule has 0 spiro atoms. The van der Waals surface area contributed by atoms with Gasteiger partial charge in [-0.05, 0) is 75.1 Å². The van der Waals surface area contributed by atoms with Gasteiger partial charge in [0.25, 0.3) is 0 Å². The zero-order valence-electron chi connectivity index (χ0n) is 27.9. The molecule has 0 aromatic heterocycles. The van der Waals surface area contributed by atoms with E-state index >= 15 is 0 Å². The molecule has 1 heterocycles. The Labute approximate surface area is 289 Å². The summed E-state index contributed by atoms with van der Waals surface area (Å²) in [4.78, 5) is 10.6. The second-order valence-electron chi connectivity index (χ2n) is 13.9. The van der Waals surface area contributed by atoms with Gasteiger partial charge in [0.1, 0.15) is 5.84 Å². The van der Waals surface area contributed by atoms with Crippen molar-refractivity contribution < 1.29 is 0 Å². The smallest absolute Gasteiger partial charge is 0.132 e. The van der Waals surface area contributed by atoms with E-state index in [9.17, 15) is 0 Å². The maximum absolute atomic E-state index is 5.46. The summed E-state index contributed by atoms with van der Waals surface area (Å²) in [5.41, 5.74) is 11.6. The predicted octanol–water partition coefficient (Wildman–Crippen LogP) is 10.9. The number of benzene rings is 5. The average Bonchev–Trinajstić information content (AvgIpc) is 3.47. The van der Waals surface area contributed by atoms with Gasteiger partial charge < -0.3 is 0 Å². The van der Waals surface area contributed by atoms with Crippen LogP contribution in [-0.4, -0.2) is 11.5 Å². The number of aliphatic imine (C=N–C) groups is 2. The molecule has 0 radical (unpaired) electrons. The van der Waals surface area contributed by atoms with Crippen LogP contribution >= 0.6 is 0 Å². The lowest BCUT2D eigenvalue weighted by Crippen LogP contribution is -2.40. The van der Waals surface area contributed by atoms with E-state index < -0.39 is 11.0 Å². The van der Waals surface area contributed by atoms with Crippen molar-refractivity contribution >= 4 is 11.5 Å². The van der Waals surface area contributed by atoms with Crippen molar-refractivity contribution in [2.45, 2.75) is 24.8 Å². The average molecular weight is 631 g/mol. The van der Waals surface area contributed by atoms with Gasteiger partial charge in [-0.2, -0.15) is 0 Å². The normalized spacial score (nSPS) is 24.1. The monoisotopic (exact) mass is 630 g/mol. The number of allylic oxidation sites excluding steroid dienone is 6. The van der Waals surface area contributed by atoms with Gasteiger partial charge >= 0.3 is 0 Å². The number of nitrogens with zero attached hydrogens (tertiary/aromatic N) is 2. The zero-order chi connectivity index (χ0) is 33.0. The lowest BCUT2D eigenvalue weighted by atomic mass is 9.67. The molecule has 0 fully saturated rings. The van der Waals surface area contributed by atoms with Crippen LogP contribution in [0.1, 0.15) is 41.7 Å². The molecule has 0 saturated carbocycles. The number of hydrogen-bond donors (Lipinski definition) is 0. The molecule has 4 aliphatic rings. The Kier molecular flexibility index (Phi) is 6.95. The molecule has 1 aliphatic heterocycles. The summed E-state index contributed by atoms with van der Waals surface area (Å²) in [5, 5.41) is 0. The molecule has 5 aromatic rings. The van der Waals surface area contributed by atoms with Gasteiger partial charge in [0, 0.05) is 11.8 Å². The maximum Gasteiger partial charge on any atom is 0.132 e. The first-order chi connectivity index (χ1) is 24.1. The summed E-state index contributed by atoms with van der Waals surface area (Å²) in [6, 6.07) is 47.2. The number of amidine groups is 1. The van der Waals surface area contributed by atoms with Crippen molar-refractivity contribution in [3.63, 3.8) is 0 Å². The second-order valence-corrected chi connectivity index (χ2v) is 13.9. The van der Waals surface area contributed by atoms with Gasteiger partial charge in [-0.25, -0.2) is 4.99 Å². The molecule has 9 rings (SSSR count). The Hall–Kier alpha value is -5.60. The van der Waals surface area contributed by atoms with Gasteiger partial charge in [0.05, 0.1) is 16.7 Å². The first-order valence-corrected chi connectivity index (χ1v) is 17.4. The molecule has 4 unspecified atom stereocenters. The van der Waals surface area contributed by atoms with E-state index in [4.69, 9.17) is 9.98 Å². The topological polar surface area (TPSA) is 24.7 Å². The lowest BCUT2D eigenvalue weighted by molar-refractivity contribution is 0.429. The van der Waals surface area contributed by atoms with Crippen molar-refractivity contribution in [2.75, 3.05) is 0 Å². The van der Waals surface area contributed by atoms with Crippen molar-refractivity contribution in [1.29, 1.82) is 0 Å².